The summed E-state index contributed by atoms with van der Waals surface area (Å²) in [7, 11) is 0. The molecule has 12 nitrogen and oxygen atoms in total. The van der Waals surface area contributed by atoms with Crippen LogP contribution in [-0.4, -0.2) is 49.0 Å². The minimum atomic E-state index is -0.0765. The summed E-state index contributed by atoms with van der Waals surface area (Å²) < 4.78 is 1.79. The van der Waals surface area contributed by atoms with Crippen molar-refractivity contribution in [1.29, 1.82) is 0 Å². The Morgan fingerprint density at radius 1 is 1.00 bits per heavy atom. The van der Waals surface area contributed by atoms with Crippen LogP contribution in [-0.2, 0) is 31.0 Å². The Kier molecular flexibility index (Phi) is 12.7. The fraction of sp³-hybridized carbons (Fsp3) is 0.524. The average Bonchev–Trinajstić information content (AvgIpc) is 3.35. The number of carbonyl (C=O) groups is 1. The molecule has 2 aliphatic heterocycles. The molecular weight excluding hydrogens is 678 g/mol. The number of aromatic nitrogens is 4. The van der Waals surface area contributed by atoms with Gasteiger partial charge in [0.2, 0.25) is 18.0 Å². The zero-order valence-electron chi connectivity index (χ0n) is 19.4. The SMILES string of the molecule is C.CC(C)N=C=O.CC(C)NC(=O)N1Cc2nc(N)nc(I)c2C1.Nc1nc(I)c2c(n1)CNC2. The molecule has 6 N–H and O–H groups in total. The summed E-state index contributed by atoms with van der Waals surface area (Å²) in [6, 6.07) is 0.149. The fourth-order valence-electron chi connectivity index (χ4n) is 2.96. The van der Waals surface area contributed by atoms with E-state index in [9.17, 15) is 9.59 Å². The predicted octanol–water partition coefficient (Wildman–Crippen LogP) is 2.73. The molecular formula is C21H32I2N10O2. The van der Waals surface area contributed by atoms with E-state index < -0.39 is 0 Å². The molecule has 0 aliphatic carbocycles. The normalized spacial score (nSPS) is 12.9. The van der Waals surface area contributed by atoms with E-state index >= 15 is 0 Å². The minimum Gasteiger partial charge on any atom is -0.368 e. The monoisotopic (exact) mass is 710 g/mol. The van der Waals surface area contributed by atoms with Crippen LogP contribution < -0.4 is 22.1 Å². The highest BCUT2D eigenvalue weighted by molar-refractivity contribution is 14.1. The summed E-state index contributed by atoms with van der Waals surface area (Å²) in [4.78, 5) is 42.6. The van der Waals surface area contributed by atoms with Crippen LogP contribution in [0.4, 0.5) is 16.7 Å². The van der Waals surface area contributed by atoms with Gasteiger partial charge in [0.15, 0.2) is 0 Å². The Morgan fingerprint density at radius 3 is 2.09 bits per heavy atom. The molecule has 4 heterocycles. The lowest BCUT2D eigenvalue weighted by Gasteiger charge is -2.17. The van der Waals surface area contributed by atoms with E-state index in [1.54, 1.807) is 4.90 Å². The van der Waals surface area contributed by atoms with Gasteiger partial charge in [-0.2, -0.15) is 0 Å². The molecule has 0 fully saturated rings. The maximum Gasteiger partial charge on any atom is 0.318 e. The first kappa shape index (κ1) is 30.9. The van der Waals surface area contributed by atoms with Crippen LogP contribution in [0.2, 0.25) is 0 Å². The van der Waals surface area contributed by atoms with Crippen LogP contribution in [0.25, 0.3) is 0 Å². The second kappa shape index (κ2) is 14.4. The summed E-state index contributed by atoms with van der Waals surface area (Å²) >= 11 is 4.30. The number of aliphatic imine (C=N–C) groups is 1. The number of nitrogens with zero attached hydrogens (tertiary/aromatic N) is 6. The summed E-state index contributed by atoms with van der Waals surface area (Å²) in [6.07, 6.45) is 1.44. The summed E-state index contributed by atoms with van der Waals surface area (Å²) in [5.74, 6) is 0.635. The first-order valence-corrected chi connectivity index (χ1v) is 12.6. The van der Waals surface area contributed by atoms with Crippen molar-refractivity contribution in [1.82, 2.24) is 35.5 Å². The van der Waals surface area contributed by atoms with Crippen molar-refractivity contribution in [3.8, 4) is 0 Å². The number of carbonyl (C=O) groups excluding carboxylic acids is 2. The summed E-state index contributed by atoms with van der Waals surface area (Å²) in [5.41, 5.74) is 15.1. The van der Waals surface area contributed by atoms with E-state index in [0.717, 1.165) is 37.4 Å². The first-order chi connectivity index (χ1) is 16.0. The van der Waals surface area contributed by atoms with Gasteiger partial charge in [-0.05, 0) is 72.9 Å². The van der Waals surface area contributed by atoms with Crippen molar-refractivity contribution in [2.24, 2.45) is 4.99 Å². The number of amides is 2. The van der Waals surface area contributed by atoms with Crippen molar-refractivity contribution in [2.75, 3.05) is 11.5 Å². The highest BCUT2D eigenvalue weighted by atomic mass is 127. The number of anilines is 2. The quantitative estimate of drug-likeness (QED) is 0.158. The lowest BCUT2D eigenvalue weighted by Crippen LogP contribution is -2.40. The number of urea groups is 1. The van der Waals surface area contributed by atoms with Gasteiger partial charge in [0, 0.05) is 30.3 Å². The van der Waals surface area contributed by atoms with Gasteiger partial charge in [-0.25, -0.2) is 34.5 Å². The number of fused-ring (bicyclic) bond motifs is 2. The van der Waals surface area contributed by atoms with E-state index in [1.165, 1.54) is 11.6 Å². The molecule has 192 valence electrons. The third-order valence-corrected chi connectivity index (χ3v) is 6.20. The maximum atomic E-state index is 11.9. The molecule has 0 aromatic carbocycles. The van der Waals surface area contributed by atoms with E-state index in [-0.39, 0.29) is 31.5 Å². The molecule has 4 rings (SSSR count). The third kappa shape index (κ3) is 9.42. The molecule has 35 heavy (non-hydrogen) atoms. The predicted molar refractivity (Wildman–Crippen MR) is 152 cm³/mol. The van der Waals surface area contributed by atoms with Gasteiger partial charge in [0.1, 0.15) is 7.40 Å². The largest absolute Gasteiger partial charge is 0.368 e. The zero-order valence-corrected chi connectivity index (χ0v) is 23.7. The Labute approximate surface area is 232 Å². The molecule has 2 amide bonds. The number of halogens is 2. The van der Waals surface area contributed by atoms with Gasteiger partial charge in [-0.1, -0.05) is 7.43 Å². The van der Waals surface area contributed by atoms with E-state index in [1.807, 2.05) is 27.7 Å². The Hall–Kier alpha value is -2.17. The fourth-order valence-corrected chi connectivity index (χ4v) is 4.44. The topological polar surface area (TPSA) is 177 Å². The van der Waals surface area contributed by atoms with Gasteiger partial charge >= 0.3 is 6.03 Å². The van der Waals surface area contributed by atoms with E-state index in [2.05, 4.69) is 80.7 Å². The second-order valence-corrected chi connectivity index (χ2v) is 10.0. The van der Waals surface area contributed by atoms with Gasteiger partial charge in [0.05, 0.1) is 30.5 Å². The number of nitrogens with one attached hydrogen (secondary N) is 2. The van der Waals surface area contributed by atoms with Gasteiger partial charge < -0.3 is 27.0 Å². The van der Waals surface area contributed by atoms with Crippen LogP contribution in [0.5, 0.6) is 0 Å². The molecule has 2 aromatic rings. The second-order valence-electron chi connectivity index (χ2n) is 7.97. The Bertz CT molecular complexity index is 1070. The van der Waals surface area contributed by atoms with Crippen molar-refractivity contribution >= 4 is 69.2 Å². The molecule has 0 spiro atoms. The van der Waals surface area contributed by atoms with Crippen LogP contribution in [0.15, 0.2) is 4.99 Å². The number of hydrogen-bond acceptors (Lipinski definition) is 10. The number of isocyanates is 1. The molecule has 14 heteroatoms. The standard InChI is InChI=1S/C10H14IN5O.C6H7IN4.C4H7NO.CH4/c1-5(2)13-10(17)16-3-6-7(4-16)14-9(12)15-8(6)11;7-5-3-1-9-2-4(3)10-6(8)11-5;1-4(2)5-3-6;/h5H,3-4H2,1-2H3,(H,13,17)(H2,12,14,15);9H,1-2H2,(H2,8,10,11);4H,1-2H3;1H4. The molecule has 0 bridgehead atoms. The number of nitrogen functional groups attached to an aromatic ring is 2. The first-order valence-electron chi connectivity index (χ1n) is 10.5. The number of hydrogen-bond donors (Lipinski definition) is 4. The van der Waals surface area contributed by atoms with Crippen molar-refractivity contribution in [3.05, 3.63) is 29.9 Å². The van der Waals surface area contributed by atoms with Crippen LogP contribution >= 0.6 is 45.2 Å². The van der Waals surface area contributed by atoms with Crippen LogP contribution in [0.3, 0.4) is 0 Å². The van der Waals surface area contributed by atoms with Crippen molar-refractivity contribution in [3.63, 3.8) is 0 Å². The lowest BCUT2D eigenvalue weighted by atomic mass is 10.3. The maximum absolute atomic E-state index is 11.9. The summed E-state index contributed by atoms with van der Waals surface area (Å²) in [5, 5.41) is 6.05. The van der Waals surface area contributed by atoms with Crippen molar-refractivity contribution < 1.29 is 9.59 Å². The van der Waals surface area contributed by atoms with Gasteiger partial charge in [-0.15, -0.1) is 0 Å². The van der Waals surface area contributed by atoms with Gasteiger partial charge in [0.25, 0.3) is 0 Å². The molecule has 0 saturated heterocycles. The smallest absolute Gasteiger partial charge is 0.318 e. The molecule has 0 atom stereocenters. The highest BCUT2D eigenvalue weighted by Crippen LogP contribution is 2.25. The minimum absolute atomic E-state index is 0. The zero-order chi connectivity index (χ0) is 25.4. The van der Waals surface area contributed by atoms with Crippen LogP contribution in [0, 0.1) is 7.40 Å². The molecule has 0 radical (unpaired) electrons. The summed E-state index contributed by atoms with van der Waals surface area (Å²) in [6.45, 7) is 10.2. The average molecular weight is 710 g/mol. The van der Waals surface area contributed by atoms with Crippen LogP contribution in [0.1, 0.15) is 57.6 Å². The molecule has 2 aromatic heterocycles. The Balaban J connectivity index is 0.000000293. The van der Waals surface area contributed by atoms with E-state index in [4.69, 9.17) is 11.5 Å². The highest BCUT2D eigenvalue weighted by Gasteiger charge is 2.27. The third-order valence-electron chi connectivity index (χ3n) is 4.41. The van der Waals surface area contributed by atoms with Crippen molar-refractivity contribution in [2.45, 2.75) is 73.4 Å². The molecule has 0 unspecified atom stereocenters. The molecule has 0 saturated carbocycles. The van der Waals surface area contributed by atoms with Gasteiger partial charge in [-0.3, -0.25) is 0 Å². The Morgan fingerprint density at radius 2 is 1.57 bits per heavy atom. The molecule has 2 aliphatic rings. The number of rotatable bonds is 2. The van der Waals surface area contributed by atoms with E-state index in [0.29, 0.717) is 19.0 Å². The lowest BCUT2D eigenvalue weighted by molar-refractivity contribution is 0.195. The number of nitrogens with two attached hydrogens (primary N) is 2.